The van der Waals surface area contributed by atoms with Crippen LogP contribution in [0.15, 0.2) is 53.0 Å². The van der Waals surface area contributed by atoms with Crippen molar-refractivity contribution in [3.63, 3.8) is 0 Å². The molecule has 126 valence electrons. The molecule has 0 saturated heterocycles. The number of ether oxygens (including phenoxy) is 2. The summed E-state index contributed by atoms with van der Waals surface area (Å²) in [4.78, 5) is 23.1. The number of benzene rings is 2. The quantitative estimate of drug-likeness (QED) is 0.732. The molecule has 5 nitrogen and oxygen atoms in total. The van der Waals surface area contributed by atoms with Gasteiger partial charge in [-0.3, -0.25) is 4.79 Å². The summed E-state index contributed by atoms with van der Waals surface area (Å²) in [7, 11) is 0. The van der Waals surface area contributed by atoms with Gasteiger partial charge in [0.25, 0.3) is 5.91 Å². The Morgan fingerprint density at radius 2 is 1.67 bits per heavy atom. The lowest BCUT2D eigenvalue weighted by Crippen LogP contribution is -2.29. The van der Waals surface area contributed by atoms with Crippen LogP contribution in [0.3, 0.4) is 0 Å². The standard InChI is InChI=1S/C17H15BrFNO4/c18-13-3-7-15(8-4-13)23-11-17(22)24-10-16(21)20-9-12-1-5-14(19)6-2-12/h1-8H,9-11H2,(H,20,21). The number of amides is 1. The van der Waals surface area contributed by atoms with Gasteiger partial charge in [-0.2, -0.15) is 0 Å². The molecule has 0 unspecified atom stereocenters. The molecule has 24 heavy (non-hydrogen) atoms. The van der Waals surface area contributed by atoms with Gasteiger partial charge in [0, 0.05) is 11.0 Å². The van der Waals surface area contributed by atoms with E-state index in [-0.39, 0.29) is 19.0 Å². The maximum atomic E-state index is 12.8. The Balaban J connectivity index is 1.64. The van der Waals surface area contributed by atoms with Gasteiger partial charge in [0.2, 0.25) is 0 Å². The summed E-state index contributed by atoms with van der Waals surface area (Å²) in [6.07, 6.45) is 0. The highest BCUT2D eigenvalue weighted by Gasteiger charge is 2.08. The molecule has 2 aromatic carbocycles. The summed E-state index contributed by atoms with van der Waals surface area (Å²) in [5.74, 6) is -0.910. The van der Waals surface area contributed by atoms with Crippen LogP contribution in [0.1, 0.15) is 5.56 Å². The molecule has 0 aliphatic rings. The van der Waals surface area contributed by atoms with E-state index in [4.69, 9.17) is 9.47 Å². The average molecular weight is 396 g/mol. The number of esters is 1. The van der Waals surface area contributed by atoms with Crippen molar-refractivity contribution in [1.82, 2.24) is 5.32 Å². The van der Waals surface area contributed by atoms with E-state index in [1.165, 1.54) is 12.1 Å². The lowest BCUT2D eigenvalue weighted by Gasteiger charge is -2.08. The molecule has 0 saturated carbocycles. The zero-order valence-corrected chi connectivity index (χ0v) is 14.2. The second kappa shape index (κ2) is 9.02. The maximum absolute atomic E-state index is 12.8. The summed E-state index contributed by atoms with van der Waals surface area (Å²) < 4.78 is 23.7. The molecule has 7 heteroatoms. The predicted octanol–water partition coefficient (Wildman–Crippen LogP) is 2.83. The highest BCUT2D eigenvalue weighted by molar-refractivity contribution is 9.10. The molecule has 1 N–H and O–H groups in total. The summed E-state index contributed by atoms with van der Waals surface area (Å²) in [5, 5.41) is 2.57. The number of hydrogen-bond donors (Lipinski definition) is 1. The van der Waals surface area contributed by atoms with E-state index in [1.807, 2.05) is 0 Å². The molecule has 2 rings (SSSR count). The van der Waals surface area contributed by atoms with Crippen molar-refractivity contribution in [3.05, 3.63) is 64.4 Å². The first-order chi connectivity index (χ1) is 11.5. The van der Waals surface area contributed by atoms with Crippen molar-refractivity contribution in [2.24, 2.45) is 0 Å². The smallest absolute Gasteiger partial charge is 0.344 e. The topological polar surface area (TPSA) is 64.6 Å². The minimum absolute atomic E-state index is 0.228. The Morgan fingerprint density at radius 1 is 1.00 bits per heavy atom. The monoisotopic (exact) mass is 395 g/mol. The first-order valence-corrected chi connectivity index (χ1v) is 7.87. The number of carbonyl (C=O) groups is 2. The second-order valence-electron chi connectivity index (χ2n) is 4.81. The molecule has 0 aromatic heterocycles. The summed E-state index contributed by atoms with van der Waals surface area (Å²) in [5.41, 5.74) is 0.745. The van der Waals surface area contributed by atoms with Crippen LogP contribution in [-0.2, 0) is 20.9 Å². The van der Waals surface area contributed by atoms with Gasteiger partial charge in [-0.15, -0.1) is 0 Å². The molecule has 0 atom stereocenters. The number of halogens is 2. The van der Waals surface area contributed by atoms with Gasteiger partial charge in [0.15, 0.2) is 13.2 Å². The zero-order valence-electron chi connectivity index (χ0n) is 12.6. The van der Waals surface area contributed by atoms with E-state index in [0.717, 1.165) is 10.0 Å². The molecule has 1 amide bonds. The maximum Gasteiger partial charge on any atom is 0.344 e. The van der Waals surface area contributed by atoms with Gasteiger partial charge in [-0.1, -0.05) is 28.1 Å². The van der Waals surface area contributed by atoms with Crippen LogP contribution in [0.2, 0.25) is 0 Å². The third-order valence-electron chi connectivity index (χ3n) is 2.94. The van der Waals surface area contributed by atoms with Crippen molar-refractivity contribution in [2.45, 2.75) is 6.54 Å². The Morgan fingerprint density at radius 3 is 2.33 bits per heavy atom. The molecular weight excluding hydrogens is 381 g/mol. The lowest BCUT2D eigenvalue weighted by molar-refractivity contribution is -0.150. The normalized spacial score (nSPS) is 10.1. The van der Waals surface area contributed by atoms with Gasteiger partial charge in [0.1, 0.15) is 11.6 Å². The fraction of sp³-hybridized carbons (Fsp3) is 0.176. The highest BCUT2D eigenvalue weighted by atomic mass is 79.9. The number of rotatable bonds is 7. The van der Waals surface area contributed by atoms with Crippen molar-refractivity contribution < 1.29 is 23.5 Å². The van der Waals surface area contributed by atoms with E-state index >= 15 is 0 Å². The Labute approximate surface area is 146 Å². The minimum atomic E-state index is -0.644. The van der Waals surface area contributed by atoms with Crippen LogP contribution in [-0.4, -0.2) is 25.1 Å². The van der Waals surface area contributed by atoms with E-state index in [0.29, 0.717) is 5.75 Å². The van der Waals surface area contributed by atoms with Crippen LogP contribution in [0.5, 0.6) is 5.75 Å². The van der Waals surface area contributed by atoms with Crippen molar-refractivity contribution in [2.75, 3.05) is 13.2 Å². The van der Waals surface area contributed by atoms with Crippen LogP contribution in [0, 0.1) is 5.82 Å². The van der Waals surface area contributed by atoms with Crippen LogP contribution in [0.25, 0.3) is 0 Å². The number of hydrogen-bond acceptors (Lipinski definition) is 4. The summed E-state index contributed by atoms with van der Waals surface area (Å²) in [6, 6.07) is 12.7. The van der Waals surface area contributed by atoms with Crippen LogP contribution < -0.4 is 10.1 Å². The fourth-order valence-electron chi connectivity index (χ4n) is 1.71. The highest BCUT2D eigenvalue weighted by Crippen LogP contribution is 2.15. The molecular formula is C17H15BrFNO4. The second-order valence-corrected chi connectivity index (χ2v) is 5.72. The van der Waals surface area contributed by atoms with Crippen LogP contribution >= 0.6 is 15.9 Å². The molecule has 0 aliphatic carbocycles. The van der Waals surface area contributed by atoms with E-state index in [1.54, 1.807) is 36.4 Å². The van der Waals surface area contributed by atoms with E-state index in [2.05, 4.69) is 21.2 Å². The Kier molecular flexibility index (Phi) is 6.74. The zero-order chi connectivity index (χ0) is 17.4. The van der Waals surface area contributed by atoms with Gasteiger partial charge >= 0.3 is 5.97 Å². The average Bonchev–Trinajstić information content (AvgIpc) is 2.59. The van der Waals surface area contributed by atoms with Gasteiger partial charge in [-0.05, 0) is 42.0 Å². The third kappa shape index (κ3) is 6.37. The lowest BCUT2D eigenvalue weighted by atomic mass is 10.2. The van der Waals surface area contributed by atoms with E-state index < -0.39 is 18.5 Å². The molecule has 0 heterocycles. The molecule has 0 spiro atoms. The van der Waals surface area contributed by atoms with E-state index in [9.17, 15) is 14.0 Å². The molecule has 2 aromatic rings. The number of carbonyl (C=O) groups excluding carboxylic acids is 2. The molecule has 0 fully saturated rings. The van der Waals surface area contributed by atoms with Crippen LogP contribution in [0.4, 0.5) is 4.39 Å². The Bertz CT molecular complexity index is 627. The third-order valence-corrected chi connectivity index (χ3v) is 3.47. The van der Waals surface area contributed by atoms with Crippen molar-refractivity contribution in [1.29, 1.82) is 0 Å². The van der Waals surface area contributed by atoms with Gasteiger partial charge in [0.05, 0.1) is 0 Å². The fourth-order valence-corrected chi connectivity index (χ4v) is 1.98. The minimum Gasteiger partial charge on any atom is -0.482 e. The first kappa shape index (κ1) is 17.9. The first-order valence-electron chi connectivity index (χ1n) is 7.08. The summed E-state index contributed by atoms with van der Waals surface area (Å²) >= 11 is 3.29. The molecule has 0 bridgehead atoms. The van der Waals surface area contributed by atoms with Crippen molar-refractivity contribution >= 4 is 27.8 Å². The Hall–Kier alpha value is -2.41. The van der Waals surface area contributed by atoms with Crippen molar-refractivity contribution in [3.8, 4) is 5.75 Å². The summed E-state index contributed by atoms with van der Waals surface area (Å²) in [6.45, 7) is -0.456. The molecule has 0 radical (unpaired) electrons. The predicted molar refractivity (Wildman–Crippen MR) is 88.8 cm³/mol. The SMILES string of the molecule is O=C(COC(=O)COc1ccc(Br)cc1)NCc1ccc(F)cc1. The number of nitrogens with one attached hydrogen (secondary N) is 1. The molecule has 0 aliphatic heterocycles. The van der Waals surface area contributed by atoms with Gasteiger partial charge in [-0.25, -0.2) is 9.18 Å². The van der Waals surface area contributed by atoms with Gasteiger partial charge < -0.3 is 14.8 Å². The largest absolute Gasteiger partial charge is 0.482 e.